The summed E-state index contributed by atoms with van der Waals surface area (Å²) in [5.41, 5.74) is 0.505. The van der Waals surface area contributed by atoms with Gasteiger partial charge in [0.2, 0.25) is 0 Å². The second-order valence-corrected chi connectivity index (χ2v) is 4.86. The summed E-state index contributed by atoms with van der Waals surface area (Å²) in [6, 6.07) is 9.55. The fourth-order valence-electron chi connectivity index (χ4n) is 1.30. The van der Waals surface area contributed by atoms with Crippen molar-refractivity contribution in [2.24, 2.45) is 4.99 Å². The van der Waals surface area contributed by atoms with Crippen LogP contribution in [0.5, 0.6) is 0 Å². The van der Waals surface area contributed by atoms with E-state index < -0.39 is 11.6 Å². The topological polar surface area (TPSA) is 50.7 Å². The van der Waals surface area contributed by atoms with Crippen molar-refractivity contribution in [1.29, 1.82) is 0 Å². The van der Waals surface area contributed by atoms with Crippen LogP contribution in [0, 0.1) is 0 Å². The summed E-state index contributed by atoms with van der Waals surface area (Å²) in [4.78, 5) is 15.5. The van der Waals surface area contributed by atoms with Crippen LogP contribution >= 0.6 is 0 Å². The van der Waals surface area contributed by atoms with Gasteiger partial charge in [-0.05, 0) is 0 Å². The summed E-state index contributed by atoms with van der Waals surface area (Å²) in [5, 5.41) is 2.75. The number of hydrogen-bond donors (Lipinski definition) is 1. The van der Waals surface area contributed by atoms with Gasteiger partial charge < -0.3 is 0 Å². The summed E-state index contributed by atoms with van der Waals surface area (Å²) >= 11 is 2.55. The van der Waals surface area contributed by atoms with Crippen molar-refractivity contribution in [3.63, 3.8) is 0 Å². The molecule has 0 spiro atoms. The molecule has 0 bridgehead atoms. The Hall–Kier alpha value is -1.41. The fraction of sp³-hybridized carbons (Fsp3) is 0.385. The molecule has 0 saturated heterocycles. The first-order chi connectivity index (χ1) is 8.53. The third-order valence-corrected chi connectivity index (χ3v) is 2.46. The van der Waals surface area contributed by atoms with Crippen molar-refractivity contribution in [2.45, 2.75) is 26.0 Å². The molecule has 1 N–H and O–H groups in total. The Kier molecular flexibility index (Phi) is 5.79. The molecule has 18 heavy (non-hydrogen) atoms. The molecule has 0 aromatic heterocycles. The molecule has 0 saturated carbocycles. The Morgan fingerprint density at radius 1 is 1.44 bits per heavy atom. The number of nitrogens with zero attached hydrogens (tertiary/aromatic N) is 1. The van der Waals surface area contributed by atoms with Gasteiger partial charge >= 0.3 is 115 Å². The van der Waals surface area contributed by atoms with Gasteiger partial charge in [-0.15, -0.1) is 0 Å². The van der Waals surface area contributed by atoms with Gasteiger partial charge in [-0.3, -0.25) is 0 Å². The van der Waals surface area contributed by atoms with Gasteiger partial charge in [0.1, 0.15) is 0 Å². The van der Waals surface area contributed by atoms with Crippen LogP contribution in [0.2, 0.25) is 0 Å². The summed E-state index contributed by atoms with van der Waals surface area (Å²) in [5.74, 6) is 0. The van der Waals surface area contributed by atoms with Crippen LogP contribution in [0.3, 0.4) is 0 Å². The summed E-state index contributed by atoms with van der Waals surface area (Å²) in [6.07, 6.45) is -0.445. The van der Waals surface area contributed by atoms with Crippen molar-refractivity contribution < 1.29 is 9.53 Å². The van der Waals surface area contributed by atoms with E-state index >= 15 is 0 Å². The van der Waals surface area contributed by atoms with Crippen molar-refractivity contribution in [1.82, 2.24) is 5.32 Å². The zero-order chi connectivity index (χ0) is 13.4. The maximum absolute atomic E-state index is 11.6. The second-order valence-electron chi connectivity index (χ2n) is 4.48. The number of ether oxygens (including phenoxy) is 1. The Morgan fingerprint density at radius 3 is 2.72 bits per heavy atom. The minimum absolute atomic E-state index is 0.264. The van der Waals surface area contributed by atoms with Gasteiger partial charge in [-0.1, -0.05) is 0 Å². The summed E-state index contributed by atoms with van der Waals surface area (Å²) < 4.78 is 7.69. The van der Waals surface area contributed by atoms with E-state index in [1.54, 1.807) is 0 Å². The fourth-order valence-corrected chi connectivity index (χ4v) is 1.44. The van der Waals surface area contributed by atoms with E-state index in [1.165, 1.54) is 0 Å². The van der Waals surface area contributed by atoms with Gasteiger partial charge in [0, 0.05) is 0 Å². The van der Waals surface area contributed by atoms with Crippen LogP contribution in [-0.2, 0) is 11.3 Å². The van der Waals surface area contributed by atoms with Crippen LogP contribution in [0.15, 0.2) is 35.3 Å². The number of hydrogen-bond acceptors (Lipinski definition) is 3. The molecule has 0 aliphatic carbocycles. The van der Waals surface area contributed by atoms with Gasteiger partial charge in [0.25, 0.3) is 0 Å². The van der Waals surface area contributed by atoms with Crippen LogP contribution in [0.4, 0.5) is 4.79 Å². The monoisotopic (exact) mass is 312 g/mol. The van der Waals surface area contributed by atoms with E-state index in [9.17, 15) is 4.79 Å². The zero-order valence-electron chi connectivity index (χ0n) is 10.5. The first kappa shape index (κ1) is 14.6. The van der Waals surface area contributed by atoms with Gasteiger partial charge in [-0.25, -0.2) is 0 Å². The number of nitrogens with one attached hydrogen (secondary N) is 1. The van der Waals surface area contributed by atoms with Gasteiger partial charge in [-0.2, -0.15) is 0 Å². The van der Waals surface area contributed by atoms with Crippen molar-refractivity contribution in [2.75, 3.05) is 6.54 Å². The number of aliphatic imine (C=N–C) groups is 1. The molecular weight excluding hydrogens is 295 g/mol. The number of alkyl carbamates (subject to hydrolysis) is 1. The van der Waals surface area contributed by atoms with E-state index in [-0.39, 0.29) is 6.61 Å². The van der Waals surface area contributed by atoms with Crippen LogP contribution < -0.4 is 5.32 Å². The molecule has 4 nitrogen and oxygen atoms in total. The normalized spacial score (nSPS) is 10.3. The molecule has 1 aromatic carbocycles. The SMILES string of the molecule is CC(C)(CN=C=[Se])NC(=O)OCc1ccccc1. The molecule has 0 unspecified atom stereocenters. The van der Waals surface area contributed by atoms with E-state index in [0.29, 0.717) is 6.54 Å². The molecule has 0 aliphatic heterocycles. The van der Waals surface area contributed by atoms with Crippen LogP contribution in [0.25, 0.3) is 0 Å². The molecule has 0 heterocycles. The van der Waals surface area contributed by atoms with E-state index in [2.05, 4.69) is 30.6 Å². The summed E-state index contributed by atoms with van der Waals surface area (Å²) in [7, 11) is 0. The molecule has 5 heteroatoms. The van der Waals surface area contributed by atoms with E-state index in [0.717, 1.165) is 5.56 Å². The standard InChI is InChI=1S/C13H16N2O2Se/c1-13(2,9-14-10-18)15-12(16)17-8-11-6-4-3-5-7-11/h3-7H,8-9H2,1-2H3,(H,15,16). The predicted octanol–water partition coefficient (Wildman–Crippen LogP) is 1.77. The number of carbonyl (C=O) groups is 1. The molecule has 0 aliphatic rings. The van der Waals surface area contributed by atoms with E-state index in [4.69, 9.17) is 4.74 Å². The molecule has 1 rings (SSSR count). The predicted molar refractivity (Wildman–Crippen MR) is 71.9 cm³/mol. The number of rotatable bonds is 5. The summed E-state index contributed by atoms with van der Waals surface area (Å²) in [6.45, 7) is 4.45. The molecule has 0 fully saturated rings. The second kappa shape index (κ2) is 7.12. The third kappa shape index (κ3) is 5.78. The van der Waals surface area contributed by atoms with Crippen molar-refractivity contribution in [3.8, 4) is 0 Å². The Bertz CT molecular complexity index is 440. The first-order valence-corrected chi connectivity index (χ1v) is 6.42. The minimum atomic E-state index is -0.454. The van der Waals surface area contributed by atoms with Gasteiger partial charge in [0.05, 0.1) is 0 Å². The average Bonchev–Trinajstić information content (AvgIpc) is 2.35. The molecule has 0 atom stereocenters. The Balaban J connectivity index is 2.40. The van der Waals surface area contributed by atoms with Crippen LogP contribution in [-0.4, -0.2) is 38.5 Å². The molecule has 96 valence electrons. The Morgan fingerprint density at radius 2 is 2.11 bits per heavy atom. The Labute approximate surface area is 115 Å². The quantitative estimate of drug-likeness (QED) is 0.665. The van der Waals surface area contributed by atoms with Crippen molar-refractivity contribution in [3.05, 3.63) is 35.9 Å². The maximum atomic E-state index is 11.6. The third-order valence-electron chi connectivity index (χ3n) is 2.19. The van der Waals surface area contributed by atoms with Gasteiger partial charge in [0.15, 0.2) is 0 Å². The molecular formula is C13H16N2O2Se. The van der Waals surface area contributed by atoms with Crippen LogP contribution in [0.1, 0.15) is 19.4 Å². The molecule has 0 radical (unpaired) electrons. The average molecular weight is 311 g/mol. The number of carbonyl (C=O) groups excluding carboxylic acids is 1. The van der Waals surface area contributed by atoms with Crippen molar-refractivity contribution >= 4 is 26.4 Å². The molecule has 1 aromatic rings. The number of amides is 1. The first-order valence-electron chi connectivity index (χ1n) is 5.56. The molecule has 1 amide bonds. The van der Waals surface area contributed by atoms with E-state index in [1.807, 2.05) is 44.2 Å². The number of benzene rings is 1. The zero-order valence-corrected chi connectivity index (χ0v) is 12.2.